The maximum absolute atomic E-state index is 12.0. The summed E-state index contributed by atoms with van der Waals surface area (Å²) in [6.45, 7) is 2.66. The average molecular weight is 228 g/mol. The van der Waals surface area contributed by atoms with Gasteiger partial charge in [0.1, 0.15) is 0 Å². The van der Waals surface area contributed by atoms with Gasteiger partial charge in [0.25, 0.3) is 0 Å². The largest absolute Gasteiger partial charge is 0.381 e. The van der Waals surface area contributed by atoms with Crippen LogP contribution in [0.2, 0.25) is 0 Å². The van der Waals surface area contributed by atoms with Crippen molar-refractivity contribution in [3.63, 3.8) is 0 Å². The van der Waals surface area contributed by atoms with Crippen LogP contribution in [0.5, 0.6) is 0 Å². The maximum Gasteiger partial charge on any atom is 0.227 e. The Morgan fingerprint density at radius 2 is 1.94 bits per heavy atom. The lowest BCUT2D eigenvalue weighted by atomic mass is 10.0. The first-order valence-electron chi connectivity index (χ1n) is 5.94. The molecule has 2 unspecified atom stereocenters. The lowest BCUT2D eigenvalue weighted by Crippen LogP contribution is -2.47. The molecule has 16 heavy (non-hydrogen) atoms. The van der Waals surface area contributed by atoms with Crippen molar-refractivity contribution in [1.29, 1.82) is 0 Å². The minimum Gasteiger partial charge on any atom is -0.381 e. The first-order chi connectivity index (χ1) is 7.81. The van der Waals surface area contributed by atoms with E-state index in [1.807, 2.05) is 7.05 Å². The summed E-state index contributed by atoms with van der Waals surface area (Å²) in [7, 11) is 1.87. The summed E-state index contributed by atoms with van der Waals surface area (Å²) < 4.78 is 10.6. The van der Waals surface area contributed by atoms with Gasteiger partial charge in [0.05, 0.1) is 19.1 Å². The fraction of sp³-hybridized carbons (Fsp3) is 0.909. The second kappa shape index (κ2) is 5.61. The quantitative estimate of drug-likeness (QED) is 0.685. The molecule has 2 fully saturated rings. The van der Waals surface area contributed by atoms with Crippen molar-refractivity contribution in [2.24, 2.45) is 5.92 Å². The molecule has 0 spiro atoms. The van der Waals surface area contributed by atoms with E-state index in [1.54, 1.807) is 0 Å². The monoisotopic (exact) mass is 228 g/mol. The molecular formula is C11H20N2O3. The first kappa shape index (κ1) is 11.8. The number of carbonyl (C=O) groups excluding carboxylic acids is 1. The lowest BCUT2D eigenvalue weighted by Gasteiger charge is -2.25. The fourth-order valence-corrected chi connectivity index (χ4v) is 2.25. The molecule has 2 rings (SSSR count). The molecule has 92 valence electrons. The smallest absolute Gasteiger partial charge is 0.227 e. The highest BCUT2D eigenvalue weighted by molar-refractivity contribution is 5.80. The molecule has 0 aromatic carbocycles. The molecule has 2 atom stereocenters. The molecule has 0 aromatic rings. The van der Waals surface area contributed by atoms with E-state index in [9.17, 15) is 4.79 Å². The predicted octanol–water partition coefficient (Wildman–Crippen LogP) is -0.484. The van der Waals surface area contributed by atoms with E-state index in [0.29, 0.717) is 13.2 Å². The second-order valence-corrected chi connectivity index (χ2v) is 4.43. The van der Waals surface area contributed by atoms with Gasteiger partial charge in [0.2, 0.25) is 5.91 Å². The molecule has 0 bridgehead atoms. The molecule has 1 amide bonds. The van der Waals surface area contributed by atoms with Crippen molar-refractivity contribution < 1.29 is 14.3 Å². The van der Waals surface area contributed by atoms with Crippen LogP contribution >= 0.6 is 0 Å². The molecule has 2 heterocycles. The van der Waals surface area contributed by atoms with Gasteiger partial charge in [0.15, 0.2) is 0 Å². The van der Waals surface area contributed by atoms with Gasteiger partial charge < -0.3 is 20.1 Å². The van der Waals surface area contributed by atoms with Crippen LogP contribution in [-0.2, 0) is 14.3 Å². The third kappa shape index (κ3) is 2.72. The number of rotatable bonds is 3. The zero-order valence-electron chi connectivity index (χ0n) is 9.70. The Balaban J connectivity index is 1.82. The second-order valence-electron chi connectivity index (χ2n) is 4.43. The van der Waals surface area contributed by atoms with Gasteiger partial charge in [0, 0.05) is 25.3 Å². The third-order valence-corrected chi connectivity index (χ3v) is 3.36. The summed E-state index contributed by atoms with van der Waals surface area (Å²) in [5, 5.41) is 6.21. The molecule has 5 heteroatoms. The van der Waals surface area contributed by atoms with E-state index in [1.165, 1.54) is 0 Å². The molecule has 5 nitrogen and oxygen atoms in total. The molecule has 2 saturated heterocycles. The topological polar surface area (TPSA) is 59.6 Å². The average Bonchev–Trinajstić information content (AvgIpc) is 2.78. The first-order valence-corrected chi connectivity index (χ1v) is 5.94. The van der Waals surface area contributed by atoms with Crippen molar-refractivity contribution in [3.05, 3.63) is 0 Å². The number of nitrogens with one attached hydrogen (secondary N) is 2. The number of likely N-dealkylation sites (N-methyl/N-ethyl adjacent to an activating group) is 1. The van der Waals surface area contributed by atoms with Crippen molar-refractivity contribution in [3.8, 4) is 0 Å². The van der Waals surface area contributed by atoms with Crippen molar-refractivity contribution in [1.82, 2.24) is 10.6 Å². The van der Waals surface area contributed by atoms with Gasteiger partial charge in [-0.25, -0.2) is 0 Å². The summed E-state index contributed by atoms with van der Waals surface area (Å²) in [6, 6.07) is 0.430. The molecule has 0 saturated carbocycles. The predicted molar refractivity (Wildman–Crippen MR) is 59.1 cm³/mol. The fourth-order valence-electron chi connectivity index (χ4n) is 2.25. The summed E-state index contributed by atoms with van der Waals surface area (Å²) in [6.07, 6.45) is 1.84. The van der Waals surface area contributed by atoms with Crippen LogP contribution in [0.25, 0.3) is 0 Å². The van der Waals surface area contributed by atoms with E-state index in [2.05, 4.69) is 10.6 Å². The van der Waals surface area contributed by atoms with Gasteiger partial charge in [-0.15, -0.1) is 0 Å². The van der Waals surface area contributed by atoms with E-state index < -0.39 is 0 Å². The minimum absolute atomic E-state index is 0.0483. The van der Waals surface area contributed by atoms with Gasteiger partial charge in [-0.05, 0) is 19.9 Å². The summed E-state index contributed by atoms with van der Waals surface area (Å²) in [5.74, 6) is 0.0663. The standard InChI is InChI=1S/C11H20N2O3/c1-12-10-7-16-6-9(10)11(14)13-8-2-4-15-5-3-8/h8-10,12H,2-7H2,1H3,(H,13,14). The Kier molecular flexibility index (Phi) is 4.15. The van der Waals surface area contributed by atoms with Crippen molar-refractivity contribution in [2.45, 2.75) is 24.9 Å². The van der Waals surface area contributed by atoms with Gasteiger partial charge >= 0.3 is 0 Å². The Morgan fingerprint density at radius 3 is 2.62 bits per heavy atom. The van der Waals surface area contributed by atoms with Crippen molar-refractivity contribution >= 4 is 5.91 Å². The number of hydrogen-bond acceptors (Lipinski definition) is 4. The molecule has 0 aromatic heterocycles. The van der Waals surface area contributed by atoms with Crippen LogP contribution in [0.3, 0.4) is 0 Å². The van der Waals surface area contributed by atoms with Gasteiger partial charge in [-0.2, -0.15) is 0 Å². The van der Waals surface area contributed by atoms with Gasteiger partial charge in [-0.1, -0.05) is 0 Å². The van der Waals surface area contributed by atoms with Crippen LogP contribution in [0.4, 0.5) is 0 Å². The number of ether oxygens (including phenoxy) is 2. The van der Waals surface area contributed by atoms with Crippen LogP contribution < -0.4 is 10.6 Å². The Bertz CT molecular complexity index is 241. The van der Waals surface area contributed by atoms with E-state index in [4.69, 9.17) is 9.47 Å². The zero-order chi connectivity index (χ0) is 11.4. The Morgan fingerprint density at radius 1 is 1.19 bits per heavy atom. The normalized spacial score (nSPS) is 31.6. The van der Waals surface area contributed by atoms with Crippen molar-refractivity contribution in [2.75, 3.05) is 33.5 Å². The number of carbonyl (C=O) groups is 1. The van der Waals surface area contributed by atoms with E-state index in [0.717, 1.165) is 26.1 Å². The summed E-state index contributed by atoms with van der Waals surface area (Å²) in [5.41, 5.74) is 0. The van der Waals surface area contributed by atoms with E-state index in [-0.39, 0.29) is 23.9 Å². The summed E-state index contributed by atoms with van der Waals surface area (Å²) in [4.78, 5) is 12.0. The van der Waals surface area contributed by atoms with E-state index >= 15 is 0 Å². The molecule has 0 aliphatic carbocycles. The molecule has 2 aliphatic rings. The van der Waals surface area contributed by atoms with Crippen LogP contribution in [0, 0.1) is 5.92 Å². The van der Waals surface area contributed by atoms with Crippen LogP contribution in [0.1, 0.15) is 12.8 Å². The highest BCUT2D eigenvalue weighted by Gasteiger charge is 2.33. The molecular weight excluding hydrogens is 208 g/mol. The third-order valence-electron chi connectivity index (χ3n) is 3.36. The summed E-state index contributed by atoms with van der Waals surface area (Å²) >= 11 is 0. The highest BCUT2D eigenvalue weighted by atomic mass is 16.5. The lowest BCUT2D eigenvalue weighted by molar-refractivity contribution is -0.126. The molecule has 2 N–H and O–H groups in total. The molecule has 2 aliphatic heterocycles. The van der Waals surface area contributed by atoms with Gasteiger partial charge in [-0.3, -0.25) is 4.79 Å². The Hall–Kier alpha value is -0.650. The number of hydrogen-bond donors (Lipinski definition) is 2. The zero-order valence-corrected chi connectivity index (χ0v) is 9.70. The van der Waals surface area contributed by atoms with Crippen LogP contribution in [-0.4, -0.2) is 51.5 Å². The number of amides is 1. The van der Waals surface area contributed by atoms with Crippen LogP contribution in [0.15, 0.2) is 0 Å². The minimum atomic E-state index is -0.0483. The highest BCUT2D eigenvalue weighted by Crippen LogP contribution is 2.15. The Labute approximate surface area is 95.9 Å². The SMILES string of the molecule is CNC1COCC1C(=O)NC1CCOCC1. The molecule has 0 radical (unpaired) electrons. The maximum atomic E-state index is 12.0.